The smallest absolute Gasteiger partial charge is 0.462 e. The molecule has 0 amide bonds. The first-order chi connectivity index (χ1) is 11.4. The molecule has 0 radical (unpaired) electrons. The number of carbonyl (C=O) groups excluding carboxylic acids is 1. The van der Waals surface area contributed by atoms with E-state index in [0.717, 1.165) is 0 Å². The van der Waals surface area contributed by atoms with Crippen LogP contribution in [0.15, 0.2) is 10.1 Å². The maximum atomic E-state index is 15.1. The van der Waals surface area contributed by atoms with E-state index < -0.39 is 30.0 Å². The Morgan fingerprint density at radius 2 is 1.72 bits per heavy atom. The first-order valence-electron chi connectivity index (χ1n) is 8.21. The molecule has 0 bridgehead atoms. The van der Waals surface area contributed by atoms with Crippen molar-refractivity contribution in [3.8, 4) is 0 Å². The van der Waals surface area contributed by atoms with Crippen molar-refractivity contribution in [2.75, 3.05) is 12.3 Å². The van der Waals surface area contributed by atoms with E-state index in [1.54, 1.807) is 13.8 Å². The number of rotatable bonds is 4. The van der Waals surface area contributed by atoms with Gasteiger partial charge >= 0.3 is 13.1 Å². The van der Waals surface area contributed by atoms with E-state index in [9.17, 15) is 4.79 Å². The second-order valence-corrected chi connectivity index (χ2v) is 7.05. The molecule has 8 heteroatoms. The molecule has 0 atom stereocenters. The first kappa shape index (κ1) is 19.5. The van der Waals surface area contributed by atoms with Crippen molar-refractivity contribution in [3.05, 3.63) is 22.6 Å². The van der Waals surface area contributed by atoms with Gasteiger partial charge in [0.2, 0.25) is 5.88 Å². The number of nitrogens with two attached hydrogens (primary N) is 1. The third-order valence-corrected chi connectivity index (χ3v) is 4.78. The fourth-order valence-electron chi connectivity index (χ4n) is 2.67. The number of ether oxygens (including phenoxy) is 1. The van der Waals surface area contributed by atoms with Gasteiger partial charge in [0, 0.05) is 5.56 Å². The lowest BCUT2D eigenvalue weighted by atomic mass is 9.82. The molecule has 2 heterocycles. The number of allylic oxidation sites excluding steroid dienone is 1. The normalized spacial score (nSPS) is 19.8. The maximum Gasteiger partial charge on any atom is 0.525 e. The van der Waals surface area contributed by atoms with Crippen LogP contribution in [-0.2, 0) is 14.0 Å². The highest BCUT2D eigenvalue weighted by Gasteiger charge is 2.53. The van der Waals surface area contributed by atoms with Gasteiger partial charge in [-0.1, -0.05) is 0 Å². The molecule has 0 unspecified atom stereocenters. The van der Waals surface area contributed by atoms with Crippen molar-refractivity contribution in [1.82, 2.24) is 0 Å². The van der Waals surface area contributed by atoms with Gasteiger partial charge in [0.05, 0.1) is 17.8 Å². The largest absolute Gasteiger partial charge is 0.525 e. The van der Waals surface area contributed by atoms with Crippen molar-refractivity contribution < 1.29 is 27.6 Å². The highest BCUT2D eigenvalue weighted by atomic mass is 19.1. The van der Waals surface area contributed by atoms with Gasteiger partial charge in [0.15, 0.2) is 0 Å². The van der Waals surface area contributed by atoms with E-state index in [2.05, 4.69) is 0 Å². The highest BCUT2D eigenvalue weighted by Crippen LogP contribution is 2.41. The van der Waals surface area contributed by atoms with Gasteiger partial charge in [-0.05, 0) is 54.0 Å². The average molecular weight is 353 g/mol. The molecule has 1 saturated heterocycles. The van der Waals surface area contributed by atoms with E-state index in [1.807, 2.05) is 27.7 Å². The Balaban J connectivity index is 2.48. The molecule has 0 spiro atoms. The van der Waals surface area contributed by atoms with Gasteiger partial charge in [0.1, 0.15) is 17.0 Å². The third-order valence-electron chi connectivity index (χ3n) is 4.78. The zero-order valence-corrected chi connectivity index (χ0v) is 15.8. The van der Waals surface area contributed by atoms with E-state index in [0.29, 0.717) is 5.76 Å². The van der Waals surface area contributed by atoms with Crippen molar-refractivity contribution in [3.63, 3.8) is 0 Å². The summed E-state index contributed by atoms with van der Waals surface area (Å²) in [5.74, 6) is -0.440. The zero-order chi connectivity index (χ0) is 19.2. The summed E-state index contributed by atoms with van der Waals surface area (Å²) in [5, 5.41) is 0. The van der Waals surface area contributed by atoms with Gasteiger partial charge < -0.3 is 24.2 Å². The number of aryl methyl sites for hydroxylation is 1. The fourth-order valence-corrected chi connectivity index (χ4v) is 2.67. The van der Waals surface area contributed by atoms with E-state index in [4.69, 9.17) is 24.2 Å². The molecule has 6 nitrogen and oxygen atoms in total. The van der Waals surface area contributed by atoms with Crippen molar-refractivity contribution in [2.45, 2.75) is 59.7 Å². The van der Waals surface area contributed by atoms with Crippen LogP contribution in [0.4, 0.5) is 10.3 Å². The lowest BCUT2D eigenvalue weighted by molar-refractivity contribution is 0.00578. The molecule has 2 N–H and O–H groups in total. The SMILES string of the molecule is CCOC(=O)c1c(N)oc(C)c1C(C)=C(F)B1OC(C)(C)C(C)(C)O1. The van der Waals surface area contributed by atoms with Gasteiger partial charge in [-0.15, -0.1) is 0 Å². The Morgan fingerprint density at radius 1 is 1.20 bits per heavy atom. The summed E-state index contributed by atoms with van der Waals surface area (Å²) in [5.41, 5.74) is 4.24. The second-order valence-electron chi connectivity index (χ2n) is 7.05. The molecule has 0 saturated carbocycles. The summed E-state index contributed by atoms with van der Waals surface area (Å²) in [6.07, 6.45) is 0. The van der Waals surface area contributed by atoms with Crippen molar-refractivity contribution >= 4 is 24.5 Å². The molecular formula is C17H25BFNO5. The monoisotopic (exact) mass is 353 g/mol. The summed E-state index contributed by atoms with van der Waals surface area (Å²) in [6, 6.07) is 0. The van der Waals surface area contributed by atoms with Crippen LogP contribution in [0.3, 0.4) is 0 Å². The van der Waals surface area contributed by atoms with Crippen LogP contribution in [0.2, 0.25) is 0 Å². The number of hydrogen-bond acceptors (Lipinski definition) is 6. The van der Waals surface area contributed by atoms with Crippen LogP contribution in [-0.4, -0.2) is 30.9 Å². The molecule has 0 aromatic carbocycles. The molecule has 1 fully saturated rings. The number of esters is 1. The van der Waals surface area contributed by atoms with Gasteiger partial charge in [-0.3, -0.25) is 0 Å². The van der Waals surface area contributed by atoms with Crippen molar-refractivity contribution in [2.24, 2.45) is 0 Å². The molecule has 0 aliphatic carbocycles. The van der Waals surface area contributed by atoms with E-state index in [1.165, 1.54) is 6.92 Å². The Kier molecular flexibility index (Phi) is 5.07. The molecule has 138 valence electrons. The molecule has 25 heavy (non-hydrogen) atoms. The standard InChI is InChI=1S/C17H25BFNO5/c1-8-22-15(21)12-11(10(3)23-14(12)20)9(2)13(19)18-24-16(4,5)17(6,7)25-18/h8,20H2,1-7H3. The number of furan rings is 1. The predicted molar refractivity (Wildman–Crippen MR) is 93.6 cm³/mol. The van der Waals surface area contributed by atoms with Crippen LogP contribution in [0.5, 0.6) is 0 Å². The summed E-state index contributed by atoms with van der Waals surface area (Å²) in [7, 11) is -1.17. The molecule has 1 aliphatic heterocycles. The Bertz CT molecular complexity index is 707. The van der Waals surface area contributed by atoms with Gasteiger partial charge in [-0.25, -0.2) is 9.18 Å². The fraction of sp³-hybridized carbons (Fsp3) is 0.588. The number of hydrogen-bond donors (Lipinski definition) is 1. The third kappa shape index (κ3) is 3.33. The number of anilines is 1. The average Bonchev–Trinajstić information content (AvgIpc) is 2.90. The lowest BCUT2D eigenvalue weighted by Gasteiger charge is -2.32. The predicted octanol–water partition coefficient (Wildman–Crippen LogP) is 3.68. The minimum atomic E-state index is -1.17. The quantitative estimate of drug-likeness (QED) is 0.657. The summed E-state index contributed by atoms with van der Waals surface area (Å²) in [4.78, 5) is 12.2. The molecule has 1 aliphatic rings. The lowest BCUT2D eigenvalue weighted by Crippen LogP contribution is -2.41. The molecular weight excluding hydrogens is 328 g/mol. The summed E-state index contributed by atoms with van der Waals surface area (Å²) in [6.45, 7) is 12.3. The molecule has 1 aromatic heterocycles. The van der Waals surface area contributed by atoms with Crippen LogP contribution in [0.25, 0.3) is 5.57 Å². The van der Waals surface area contributed by atoms with Crippen LogP contribution in [0, 0.1) is 6.92 Å². The highest BCUT2D eigenvalue weighted by molar-refractivity contribution is 6.55. The van der Waals surface area contributed by atoms with E-state index in [-0.39, 0.29) is 29.2 Å². The van der Waals surface area contributed by atoms with Crippen LogP contribution >= 0.6 is 0 Å². The Hall–Kier alpha value is -1.80. The minimum absolute atomic E-state index is 0.0171. The van der Waals surface area contributed by atoms with Gasteiger partial charge in [0.25, 0.3) is 0 Å². The van der Waals surface area contributed by atoms with Gasteiger partial charge in [-0.2, -0.15) is 0 Å². The first-order valence-corrected chi connectivity index (χ1v) is 8.21. The van der Waals surface area contributed by atoms with Crippen LogP contribution in [0.1, 0.15) is 63.2 Å². The Morgan fingerprint density at radius 3 is 2.20 bits per heavy atom. The van der Waals surface area contributed by atoms with E-state index >= 15 is 4.39 Å². The molecule has 2 rings (SSSR count). The maximum absolute atomic E-state index is 15.1. The Labute approximate surface area is 147 Å². The number of nitrogen functional groups attached to an aromatic ring is 1. The van der Waals surface area contributed by atoms with Crippen molar-refractivity contribution in [1.29, 1.82) is 0 Å². The summed E-state index contributed by atoms with van der Waals surface area (Å²) >= 11 is 0. The number of halogens is 1. The summed E-state index contributed by atoms with van der Waals surface area (Å²) < 4.78 is 36.9. The topological polar surface area (TPSA) is 83.9 Å². The van der Waals surface area contributed by atoms with Crippen LogP contribution < -0.4 is 5.73 Å². The number of carbonyl (C=O) groups is 1. The molecule has 1 aromatic rings. The second kappa shape index (κ2) is 6.50. The minimum Gasteiger partial charge on any atom is -0.462 e. The zero-order valence-electron chi connectivity index (χ0n) is 15.8.